The summed E-state index contributed by atoms with van der Waals surface area (Å²) in [4.78, 5) is 0. The first-order valence-corrected chi connectivity index (χ1v) is 3.37. The smallest absolute Gasteiger partial charge is 0.0288 e. The standard InChI is InChI=1S/C8H13N/c1-3-7-5-8(4-2)9-6-7/h3-4,8-9H,2,5-6H2,1H3/b7-3+. The maximum absolute atomic E-state index is 3.72. The molecule has 1 saturated heterocycles. The average Bonchev–Trinajstić information content (AvgIpc) is 2.34. The van der Waals surface area contributed by atoms with Gasteiger partial charge in [0.1, 0.15) is 0 Å². The molecule has 0 saturated carbocycles. The number of rotatable bonds is 1. The van der Waals surface area contributed by atoms with Crippen LogP contribution >= 0.6 is 0 Å². The molecule has 1 fully saturated rings. The molecule has 50 valence electrons. The minimum Gasteiger partial charge on any atom is -0.306 e. The predicted molar refractivity (Wildman–Crippen MR) is 40.4 cm³/mol. The zero-order valence-corrected chi connectivity index (χ0v) is 5.85. The van der Waals surface area contributed by atoms with Crippen molar-refractivity contribution in [2.45, 2.75) is 19.4 Å². The van der Waals surface area contributed by atoms with E-state index in [1.807, 2.05) is 6.08 Å². The second-order valence-electron chi connectivity index (χ2n) is 2.37. The molecule has 0 spiro atoms. The van der Waals surface area contributed by atoms with E-state index in [4.69, 9.17) is 0 Å². The lowest BCUT2D eigenvalue weighted by molar-refractivity contribution is 0.730. The molecule has 0 amide bonds. The zero-order chi connectivity index (χ0) is 6.69. The van der Waals surface area contributed by atoms with Gasteiger partial charge in [0.05, 0.1) is 0 Å². The van der Waals surface area contributed by atoms with Crippen LogP contribution < -0.4 is 5.32 Å². The van der Waals surface area contributed by atoms with Crippen molar-refractivity contribution >= 4 is 0 Å². The summed E-state index contributed by atoms with van der Waals surface area (Å²) in [6, 6.07) is 0.524. The van der Waals surface area contributed by atoms with Crippen molar-refractivity contribution < 1.29 is 0 Å². The van der Waals surface area contributed by atoms with Crippen LogP contribution in [0.3, 0.4) is 0 Å². The van der Waals surface area contributed by atoms with E-state index in [9.17, 15) is 0 Å². The first kappa shape index (κ1) is 6.56. The van der Waals surface area contributed by atoms with Gasteiger partial charge in [0, 0.05) is 12.6 Å². The highest BCUT2D eigenvalue weighted by atomic mass is 14.9. The monoisotopic (exact) mass is 123 g/mol. The summed E-state index contributed by atoms with van der Waals surface area (Å²) in [6.07, 6.45) is 5.30. The molecule has 9 heavy (non-hydrogen) atoms. The van der Waals surface area contributed by atoms with E-state index in [0.29, 0.717) is 6.04 Å². The quantitative estimate of drug-likeness (QED) is 0.521. The third kappa shape index (κ3) is 1.42. The molecule has 1 N–H and O–H groups in total. The van der Waals surface area contributed by atoms with Crippen molar-refractivity contribution in [2.75, 3.05) is 6.54 Å². The lowest BCUT2D eigenvalue weighted by atomic mass is 10.1. The highest BCUT2D eigenvalue weighted by Gasteiger charge is 2.13. The van der Waals surface area contributed by atoms with Gasteiger partial charge in [0.2, 0.25) is 0 Å². The van der Waals surface area contributed by atoms with Gasteiger partial charge in [0.15, 0.2) is 0 Å². The molecule has 1 nitrogen and oxygen atoms in total. The van der Waals surface area contributed by atoms with Crippen LogP contribution in [0.15, 0.2) is 24.3 Å². The molecule has 0 aromatic heterocycles. The maximum Gasteiger partial charge on any atom is 0.0288 e. The summed E-state index contributed by atoms with van der Waals surface area (Å²) < 4.78 is 0. The fraction of sp³-hybridized carbons (Fsp3) is 0.500. The van der Waals surface area contributed by atoms with Gasteiger partial charge in [-0.1, -0.05) is 17.7 Å². The summed E-state index contributed by atoms with van der Waals surface area (Å²) in [5.41, 5.74) is 1.50. The molecule has 0 aromatic rings. The first-order chi connectivity index (χ1) is 4.36. The van der Waals surface area contributed by atoms with Gasteiger partial charge in [-0.15, -0.1) is 6.58 Å². The van der Waals surface area contributed by atoms with E-state index in [2.05, 4.69) is 24.9 Å². The molecular weight excluding hydrogens is 110 g/mol. The second kappa shape index (κ2) is 2.83. The van der Waals surface area contributed by atoms with Gasteiger partial charge >= 0.3 is 0 Å². The maximum atomic E-state index is 3.72. The van der Waals surface area contributed by atoms with Crippen molar-refractivity contribution in [1.82, 2.24) is 5.32 Å². The largest absolute Gasteiger partial charge is 0.306 e. The fourth-order valence-corrected chi connectivity index (χ4v) is 1.08. The molecule has 1 unspecified atom stereocenters. The summed E-state index contributed by atoms with van der Waals surface area (Å²) in [5, 5.41) is 3.32. The van der Waals surface area contributed by atoms with Gasteiger partial charge < -0.3 is 5.32 Å². The average molecular weight is 123 g/mol. The molecular formula is C8H13N. The predicted octanol–water partition coefficient (Wildman–Crippen LogP) is 1.48. The van der Waals surface area contributed by atoms with Crippen molar-refractivity contribution in [3.63, 3.8) is 0 Å². The summed E-state index contributed by atoms with van der Waals surface area (Å²) in [5.74, 6) is 0. The second-order valence-corrected chi connectivity index (χ2v) is 2.37. The van der Waals surface area contributed by atoms with E-state index >= 15 is 0 Å². The van der Waals surface area contributed by atoms with E-state index in [0.717, 1.165) is 13.0 Å². The Hall–Kier alpha value is -0.560. The molecule has 0 aromatic carbocycles. The van der Waals surface area contributed by atoms with Crippen molar-refractivity contribution in [2.24, 2.45) is 0 Å². The fourth-order valence-electron chi connectivity index (χ4n) is 1.08. The van der Waals surface area contributed by atoms with Gasteiger partial charge in [-0.2, -0.15) is 0 Å². The van der Waals surface area contributed by atoms with Gasteiger partial charge in [0.25, 0.3) is 0 Å². The molecule has 1 aliphatic rings. The van der Waals surface area contributed by atoms with Gasteiger partial charge in [-0.05, 0) is 13.3 Å². The summed E-state index contributed by atoms with van der Waals surface area (Å²) >= 11 is 0. The Morgan fingerprint density at radius 3 is 2.89 bits per heavy atom. The Labute approximate surface area is 56.5 Å². The van der Waals surface area contributed by atoms with Crippen LogP contribution in [-0.4, -0.2) is 12.6 Å². The van der Waals surface area contributed by atoms with Gasteiger partial charge in [-0.25, -0.2) is 0 Å². The van der Waals surface area contributed by atoms with E-state index in [1.165, 1.54) is 5.57 Å². The van der Waals surface area contributed by atoms with Crippen LogP contribution in [0.1, 0.15) is 13.3 Å². The normalized spacial score (nSPS) is 31.2. The minimum atomic E-state index is 0.524. The van der Waals surface area contributed by atoms with Crippen LogP contribution in [0.2, 0.25) is 0 Å². The van der Waals surface area contributed by atoms with E-state index < -0.39 is 0 Å². The van der Waals surface area contributed by atoms with Crippen LogP contribution in [0.4, 0.5) is 0 Å². The SMILES string of the molecule is C=CC1C/C(=C\C)CN1. The van der Waals surface area contributed by atoms with Crippen molar-refractivity contribution in [3.05, 3.63) is 24.3 Å². The summed E-state index contributed by atoms with van der Waals surface area (Å²) in [6.45, 7) is 6.86. The minimum absolute atomic E-state index is 0.524. The number of allylic oxidation sites excluding steroid dienone is 1. The molecule has 0 radical (unpaired) electrons. The number of hydrogen-bond donors (Lipinski definition) is 1. The Bertz CT molecular complexity index is 136. The number of nitrogens with one attached hydrogen (secondary N) is 1. The van der Waals surface area contributed by atoms with E-state index in [1.54, 1.807) is 0 Å². The molecule has 0 bridgehead atoms. The van der Waals surface area contributed by atoms with Crippen LogP contribution in [0, 0.1) is 0 Å². The van der Waals surface area contributed by atoms with Crippen molar-refractivity contribution in [1.29, 1.82) is 0 Å². The Morgan fingerprint density at radius 2 is 2.56 bits per heavy atom. The lowest BCUT2D eigenvalue weighted by Crippen LogP contribution is -2.17. The topological polar surface area (TPSA) is 12.0 Å². The van der Waals surface area contributed by atoms with Crippen LogP contribution in [0.5, 0.6) is 0 Å². The lowest BCUT2D eigenvalue weighted by Gasteiger charge is -1.97. The Balaban J connectivity index is 2.46. The Morgan fingerprint density at radius 1 is 1.78 bits per heavy atom. The third-order valence-corrected chi connectivity index (χ3v) is 1.77. The first-order valence-electron chi connectivity index (χ1n) is 3.37. The molecule has 1 heteroatoms. The summed E-state index contributed by atoms with van der Waals surface area (Å²) in [7, 11) is 0. The van der Waals surface area contributed by atoms with Crippen LogP contribution in [-0.2, 0) is 0 Å². The number of hydrogen-bond acceptors (Lipinski definition) is 1. The highest BCUT2D eigenvalue weighted by molar-refractivity contribution is 5.14. The molecule has 0 aliphatic carbocycles. The van der Waals surface area contributed by atoms with Crippen LogP contribution in [0.25, 0.3) is 0 Å². The van der Waals surface area contributed by atoms with E-state index in [-0.39, 0.29) is 0 Å². The highest BCUT2D eigenvalue weighted by Crippen LogP contribution is 2.12. The molecule has 1 heterocycles. The zero-order valence-electron chi connectivity index (χ0n) is 5.85. The molecule has 1 aliphatic heterocycles. The Kier molecular flexibility index (Phi) is 2.06. The van der Waals surface area contributed by atoms with Gasteiger partial charge in [-0.3, -0.25) is 0 Å². The molecule has 1 rings (SSSR count). The third-order valence-electron chi connectivity index (χ3n) is 1.77. The van der Waals surface area contributed by atoms with Crippen molar-refractivity contribution in [3.8, 4) is 0 Å². The molecule has 1 atom stereocenters.